The quantitative estimate of drug-likeness (QED) is 0.660. The highest BCUT2D eigenvalue weighted by Crippen LogP contribution is 2.18. The van der Waals surface area contributed by atoms with Gasteiger partial charge in [-0.25, -0.2) is 4.98 Å². The summed E-state index contributed by atoms with van der Waals surface area (Å²) < 4.78 is 6.94. The van der Waals surface area contributed by atoms with Crippen LogP contribution in [0.5, 0.6) is 5.75 Å². The lowest BCUT2D eigenvalue weighted by Gasteiger charge is -2.08. The first-order chi connectivity index (χ1) is 13.5. The summed E-state index contributed by atoms with van der Waals surface area (Å²) in [6, 6.07) is 12.8. The minimum Gasteiger partial charge on any atom is -0.496 e. The van der Waals surface area contributed by atoms with Crippen molar-refractivity contribution in [3.05, 3.63) is 65.7 Å². The zero-order valence-corrected chi connectivity index (χ0v) is 16.2. The van der Waals surface area contributed by atoms with E-state index in [1.54, 1.807) is 29.8 Å². The molecule has 0 bridgehead atoms. The van der Waals surface area contributed by atoms with Crippen molar-refractivity contribution in [3.8, 4) is 5.75 Å². The highest BCUT2D eigenvalue weighted by molar-refractivity contribution is 6.02. The first-order valence-corrected chi connectivity index (χ1v) is 9.16. The highest BCUT2D eigenvalue weighted by Gasteiger charge is 2.21. The maximum Gasteiger partial charge on any atom is 0.287 e. The number of methoxy groups -OCH3 is 1. The number of nitrogens with zero attached hydrogens (tertiary/aromatic N) is 2. The summed E-state index contributed by atoms with van der Waals surface area (Å²) in [5.41, 5.74) is 1.65. The van der Waals surface area contributed by atoms with Gasteiger partial charge in [0, 0.05) is 24.8 Å². The molecule has 28 heavy (non-hydrogen) atoms. The van der Waals surface area contributed by atoms with Crippen LogP contribution in [0.15, 0.2) is 48.7 Å². The average Bonchev–Trinajstić information content (AvgIpc) is 3.10. The Morgan fingerprint density at radius 2 is 1.82 bits per heavy atom. The van der Waals surface area contributed by atoms with Crippen molar-refractivity contribution in [1.82, 2.24) is 20.0 Å². The van der Waals surface area contributed by atoms with Crippen LogP contribution < -0.4 is 15.4 Å². The molecule has 0 saturated carbocycles. The molecule has 2 N–H and O–H groups in total. The van der Waals surface area contributed by atoms with Crippen molar-refractivity contribution >= 4 is 17.3 Å². The van der Waals surface area contributed by atoms with E-state index in [4.69, 9.17) is 4.74 Å². The van der Waals surface area contributed by atoms with Gasteiger partial charge in [-0.05, 0) is 24.1 Å². The van der Waals surface area contributed by atoms with E-state index in [2.05, 4.69) is 15.6 Å². The van der Waals surface area contributed by atoms with Gasteiger partial charge in [0.1, 0.15) is 5.75 Å². The Balaban J connectivity index is 1.84. The molecule has 2 amide bonds. The van der Waals surface area contributed by atoms with Crippen LogP contribution in [0.2, 0.25) is 0 Å². The van der Waals surface area contributed by atoms with Gasteiger partial charge in [-0.3, -0.25) is 14.0 Å². The second kappa shape index (κ2) is 8.56. The number of amides is 2. The predicted octanol–water partition coefficient (Wildman–Crippen LogP) is 2.66. The van der Waals surface area contributed by atoms with Crippen LogP contribution in [0.4, 0.5) is 0 Å². The second-order valence-corrected chi connectivity index (χ2v) is 6.84. The molecule has 0 aliphatic heterocycles. The lowest BCUT2D eigenvalue weighted by atomic mass is 10.2. The molecule has 0 spiro atoms. The molecular formula is C21H24N4O3. The first kappa shape index (κ1) is 19.4. The van der Waals surface area contributed by atoms with Crippen LogP contribution in [0, 0.1) is 5.92 Å². The van der Waals surface area contributed by atoms with E-state index in [1.165, 1.54) is 0 Å². The predicted molar refractivity (Wildman–Crippen MR) is 107 cm³/mol. The van der Waals surface area contributed by atoms with Crippen molar-refractivity contribution in [2.75, 3.05) is 13.7 Å². The summed E-state index contributed by atoms with van der Waals surface area (Å²) in [5, 5.41) is 5.70. The van der Waals surface area contributed by atoms with E-state index in [0.717, 1.165) is 5.56 Å². The normalized spacial score (nSPS) is 10.9. The lowest BCUT2D eigenvalue weighted by Crippen LogP contribution is -2.29. The third kappa shape index (κ3) is 4.14. The van der Waals surface area contributed by atoms with E-state index < -0.39 is 0 Å². The van der Waals surface area contributed by atoms with Crippen LogP contribution >= 0.6 is 0 Å². The van der Waals surface area contributed by atoms with E-state index in [1.807, 2.05) is 44.2 Å². The molecule has 0 fully saturated rings. The van der Waals surface area contributed by atoms with Gasteiger partial charge in [0.05, 0.1) is 12.6 Å². The van der Waals surface area contributed by atoms with Crippen LogP contribution in [0.1, 0.15) is 40.5 Å². The molecule has 3 aromatic rings. The number of pyridine rings is 1. The van der Waals surface area contributed by atoms with E-state index in [0.29, 0.717) is 30.3 Å². The fraction of sp³-hybridized carbons (Fsp3) is 0.286. The molecule has 2 aromatic heterocycles. The fourth-order valence-electron chi connectivity index (χ4n) is 2.85. The van der Waals surface area contributed by atoms with Gasteiger partial charge >= 0.3 is 0 Å². The molecule has 1 aromatic carbocycles. The summed E-state index contributed by atoms with van der Waals surface area (Å²) in [7, 11) is 1.59. The van der Waals surface area contributed by atoms with Gasteiger partial charge in [-0.15, -0.1) is 0 Å². The molecule has 7 nitrogen and oxygen atoms in total. The van der Waals surface area contributed by atoms with Gasteiger partial charge in [0.15, 0.2) is 5.69 Å². The zero-order chi connectivity index (χ0) is 20.1. The smallest absolute Gasteiger partial charge is 0.287 e. The molecule has 0 saturated heterocycles. The standard InChI is InChI=1S/C21H24N4O3/c1-14(2)12-22-21(27)19-24-18(16-9-6-7-11-25(16)19)20(26)23-13-15-8-4-5-10-17(15)28-3/h4-11,14H,12-13H2,1-3H3,(H,22,27)(H,23,26). The molecule has 0 atom stereocenters. The minimum atomic E-state index is -0.350. The molecule has 7 heteroatoms. The third-order valence-corrected chi connectivity index (χ3v) is 4.27. The number of carbonyl (C=O) groups excluding carboxylic acids is 2. The van der Waals surface area contributed by atoms with Crippen molar-refractivity contribution in [3.63, 3.8) is 0 Å². The number of hydrogen-bond donors (Lipinski definition) is 2. The Hall–Kier alpha value is -3.35. The fourth-order valence-corrected chi connectivity index (χ4v) is 2.85. The third-order valence-electron chi connectivity index (χ3n) is 4.27. The summed E-state index contributed by atoms with van der Waals surface area (Å²) in [6.07, 6.45) is 1.73. The number of aromatic nitrogens is 2. The van der Waals surface area contributed by atoms with Crippen molar-refractivity contribution in [2.24, 2.45) is 5.92 Å². The Labute approximate surface area is 163 Å². The molecule has 0 unspecified atom stereocenters. The van der Waals surface area contributed by atoms with E-state index in [-0.39, 0.29) is 23.3 Å². The zero-order valence-electron chi connectivity index (χ0n) is 16.2. The molecule has 0 aliphatic rings. The Kier molecular flexibility index (Phi) is 5.93. The first-order valence-electron chi connectivity index (χ1n) is 9.16. The van der Waals surface area contributed by atoms with Crippen molar-refractivity contribution in [2.45, 2.75) is 20.4 Å². The number of fused-ring (bicyclic) bond motifs is 1. The molecular weight excluding hydrogens is 356 g/mol. The van der Waals surface area contributed by atoms with Crippen molar-refractivity contribution in [1.29, 1.82) is 0 Å². The number of para-hydroxylation sites is 1. The van der Waals surface area contributed by atoms with Gasteiger partial charge in [-0.2, -0.15) is 0 Å². The Morgan fingerprint density at radius 3 is 2.57 bits per heavy atom. The minimum absolute atomic E-state index is 0.193. The van der Waals surface area contributed by atoms with Crippen molar-refractivity contribution < 1.29 is 14.3 Å². The van der Waals surface area contributed by atoms with Gasteiger partial charge < -0.3 is 15.4 Å². The number of imidazole rings is 1. The topological polar surface area (TPSA) is 84.7 Å². The number of hydrogen-bond acceptors (Lipinski definition) is 4. The highest BCUT2D eigenvalue weighted by atomic mass is 16.5. The Bertz CT molecular complexity index is 994. The van der Waals surface area contributed by atoms with Crippen LogP contribution in [-0.4, -0.2) is 34.9 Å². The summed E-state index contributed by atoms with van der Waals surface area (Å²) in [5.74, 6) is 0.555. The second-order valence-electron chi connectivity index (χ2n) is 6.84. The summed E-state index contributed by atoms with van der Waals surface area (Å²) in [4.78, 5) is 29.6. The average molecular weight is 380 g/mol. The van der Waals surface area contributed by atoms with E-state index in [9.17, 15) is 9.59 Å². The molecule has 0 radical (unpaired) electrons. The van der Waals surface area contributed by atoms with Gasteiger partial charge in [0.2, 0.25) is 5.82 Å². The largest absolute Gasteiger partial charge is 0.496 e. The monoisotopic (exact) mass is 380 g/mol. The summed E-state index contributed by atoms with van der Waals surface area (Å²) >= 11 is 0. The maximum absolute atomic E-state index is 12.8. The lowest BCUT2D eigenvalue weighted by molar-refractivity contribution is 0.0938. The molecule has 0 aliphatic carbocycles. The SMILES string of the molecule is COc1ccccc1CNC(=O)c1nc(C(=O)NCC(C)C)n2ccccc12. The number of rotatable bonds is 7. The number of nitrogens with one attached hydrogen (secondary N) is 2. The maximum atomic E-state index is 12.8. The van der Waals surface area contributed by atoms with E-state index >= 15 is 0 Å². The molecule has 2 heterocycles. The number of benzene rings is 1. The number of ether oxygens (including phenoxy) is 1. The summed E-state index contributed by atoms with van der Waals surface area (Å²) in [6.45, 7) is 4.86. The van der Waals surface area contributed by atoms with Crippen LogP contribution in [0.3, 0.4) is 0 Å². The Morgan fingerprint density at radius 1 is 1.07 bits per heavy atom. The van der Waals surface area contributed by atoms with Crippen LogP contribution in [0.25, 0.3) is 5.52 Å². The molecule has 146 valence electrons. The van der Waals surface area contributed by atoms with Gasteiger partial charge in [-0.1, -0.05) is 38.1 Å². The molecule has 3 rings (SSSR count). The number of carbonyl (C=O) groups is 2. The van der Waals surface area contributed by atoms with Gasteiger partial charge in [0.25, 0.3) is 11.8 Å². The van der Waals surface area contributed by atoms with Crippen LogP contribution in [-0.2, 0) is 6.54 Å².